The minimum atomic E-state index is -0.100. The lowest BCUT2D eigenvalue weighted by molar-refractivity contribution is -0.116. The molecule has 0 radical (unpaired) electrons. The van der Waals surface area contributed by atoms with Crippen LogP contribution in [0, 0.1) is 13.8 Å². The van der Waals surface area contributed by atoms with Crippen molar-refractivity contribution >= 4 is 34.2 Å². The van der Waals surface area contributed by atoms with Crippen molar-refractivity contribution in [1.82, 2.24) is 9.55 Å². The highest BCUT2D eigenvalue weighted by Gasteiger charge is 2.11. The fraction of sp³-hybridized carbons (Fsp3) is 0.176. The molecule has 0 saturated heterocycles. The van der Waals surface area contributed by atoms with Crippen LogP contribution in [-0.4, -0.2) is 15.5 Å². The van der Waals surface area contributed by atoms with E-state index in [-0.39, 0.29) is 12.5 Å². The van der Waals surface area contributed by atoms with Gasteiger partial charge in [-0.05, 0) is 43.7 Å². The van der Waals surface area contributed by atoms with Gasteiger partial charge < -0.3 is 9.88 Å². The zero-order valence-electron chi connectivity index (χ0n) is 12.4. The van der Waals surface area contributed by atoms with Gasteiger partial charge in [0.05, 0.1) is 11.0 Å². The lowest BCUT2D eigenvalue weighted by Crippen LogP contribution is -2.20. The Kier molecular flexibility index (Phi) is 3.86. The molecule has 0 saturated carbocycles. The topological polar surface area (TPSA) is 46.9 Å². The van der Waals surface area contributed by atoms with E-state index in [0.29, 0.717) is 5.02 Å². The van der Waals surface area contributed by atoms with Crippen LogP contribution < -0.4 is 5.32 Å². The molecule has 22 heavy (non-hydrogen) atoms. The minimum Gasteiger partial charge on any atom is -0.324 e. The first-order chi connectivity index (χ1) is 10.5. The number of amides is 1. The van der Waals surface area contributed by atoms with Gasteiger partial charge >= 0.3 is 0 Å². The number of fused-ring (bicyclic) bond motifs is 1. The fourth-order valence-corrected chi connectivity index (χ4v) is 2.63. The number of para-hydroxylation sites is 2. The number of imidazole rings is 1. The number of hydrogen-bond donors (Lipinski definition) is 1. The summed E-state index contributed by atoms with van der Waals surface area (Å²) in [7, 11) is 0. The summed E-state index contributed by atoms with van der Waals surface area (Å²) in [5.74, 6) is 0.718. The molecule has 0 atom stereocenters. The number of benzene rings is 2. The summed E-state index contributed by atoms with van der Waals surface area (Å²) in [6.45, 7) is 4.06. The third kappa shape index (κ3) is 2.83. The zero-order valence-corrected chi connectivity index (χ0v) is 13.2. The maximum Gasteiger partial charge on any atom is 0.244 e. The van der Waals surface area contributed by atoms with E-state index in [1.54, 1.807) is 12.1 Å². The first kappa shape index (κ1) is 14.6. The average Bonchev–Trinajstić information content (AvgIpc) is 2.79. The number of carbonyl (C=O) groups is 1. The largest absolute Gasteiger partial charge is 0.324 e. The molecule has 0 aliphatic heterocycles. The van der Waals surface area contributed by atoms with Crippen LogP contribution in [0.3, 0.4) is 0 Å². The molecule has 0 fully saturated rings. The van der Waals surface area contributed by atoms with Crippen molar-refractivity contribution in [3.8, 4) is 0 Å². The standard InChI is InChI=1S/C17H16ClN3O/c1-11-7-8-13(18)9-15(11)20-17(22)10-21-12(2)19-14-5-3-4-6-16(14)21/h3-9H,10H2,1-2H3,(H,20,22). The van der Waals surface area contributed by atoms with E-state index in [2.05, 4.69) is 10.3 Å². The Morgan fingerprint density at radius 3 is 2.82 bits per heavy atom. The van der Waals surface area contributed by atoms with Crippen molar-refractivity contribution in [2.75, 3.05) is 5.32 Å². The van der Waals surface area contributed by atoms with Gasteiger partial charge in [-0.15, -0.1) is 0 Å². The first-order valence-electron chi connectivity index (χ1n) is 7.02. The molecule has 2 aromatic carbocycles. The second-order valence-electron chi connectivity index (χ2n) is 5.24. The third-order valence-corrected chi connectivity index (χ3v) is 3.86. The van der Waals surface area contributed by atoms with Crippen LogP contribution in [0.5, 0.6) is 0 Å². The molecule has 3 aromatic rings. The molecule has 0 aliphatic carbocycles. The number of aryl methyl sites for hydroxylation is 2. The van der Waals surface area contributed by atoms with E-state index < -0.39 is 0 Å². The Labute approximate surface area is 133 Å². The van der Waals surface area contributed by atoms with Crippen LogP contribution in [0.4, 0.5) is 5.69 Å². The highest BCUT2D eigenvalue weighted by molar-refractivity contribution is 6.31. The normalized spacial score (nSPS) is 10.9. The first-order valence-corrected chi connectivity index (χ1v) is 7.40. The van der Waals surface area contributed by atoms with E-state index in [1.165, 1.54) is 0 Å². The Morgan fingerprint density at radius 2 is 2.00 bits per heavy atom. The van der Waals surface area contributed by atoms with Gasteiger partial charge in [0, 0.05) is 10.7 Å². The number of nitrogens with zero attached hydrogens (tertiary/aromatic N) is 2. The van der Waals surface area contributed by atoms with Gasteiger partial charge in [-0.1, -0.05) is 29.8 Å². The number of halogens is 1. The van der Waals surface area contributed by atoms with Gasteiger partial charge in [0.25, 0.3) is 0 Å². The van der Waals surface area contributed by atoms with Gasteiger partial charge in [0.1, 0.15) is 12.4 Å². The van der Waals surface area contributed by atoms with Crippen LogP contribution in [0.1, 0.15) is 11.4 Å². The maximum absolute atomic E-state index is 12.3. The van der Waals surface area contributed by atoms with Gasteiger partial charge in [0.15, 0.2) is 0 Å². The lowest BCUT2D eigenvalue weighted by Gasteiger charge is -2.10. The van der Waals surface area contributed by atoms with E-state index in [4.69, 9.17) is 11.6 Å². The van der Waals surface area contributed by atoms with E-state index >= 15 is 0 Å². The Morgan fingerprint density at radius 1 is 1.23 bits per heavy atom. The molecule has 0 spiro atoms. The Balaban J connectivity index is 1.84. The van der Waals surface area contributed by atoms with Gasteiger partial charge in [-0.25, -0.2) is 4.98 Å². The predicted molar refractivity (Wildman–Crippen MR) is 89.3 cm³/mol. The fourth-order valence-electron chi connectivity index (χ4n) is 2.46. The van der Waals surface area contributed by atoms with Crippen molar-refractivity contribution in [1.29, 1.82) is 0 Å². The minimum absolute atomic E-state index is 0.100. The molecule has 5 heteroatoms. The Bertz CT molecular complexity index is 854. The molecule has 4 nitrogen and oxygen atoms in total. The summed E-state index contributed by atoms with van der Waals surface area (Å²) in [6.07, 6.45) is 0. The SMILES string of the molecule is Cc1ccc(Cl)cc1NC(=O)Cn1c(C)nc2ccccc21. The quantitative estimate of drug-likeness (QED) is 0.796. The molecule has 1 heterocycles. The summed E-state index contributed by atoms with van der Waals surface area (Å²) in [5, 5.41) is 3.51. The van der Waals surface area contributed by atoms with E-state index in [0.717, 1.165) is 28.1 Å². The van der Waals surface area contributed by atoms with Crippen molar-refractivity contribution in [3.05, 3.63) is 58.9 Å². The van der Waals surface area contributed by atoms with Crippen LogP contribution in [0.25, 0.3) is 11.0 Å². The second kappa shape index (κ2) is 5.81. The van der Waals surface area contributed by atoms with Gasteiger partial charge in [0.2, 0.25) is 5.91 Å². The molecule has 0 bridgehead atoms. The third-order valence-electron chi connectivity index (χ3n) is 3.62. The van der Waals surface area contributed by atoms with Gasteiger partial charge in [-0.3, -0.25) is 4.79 Å². The highest BCUT2D eigenvalue weighted by Crippen LogP contribution is 2.21. The molecule has 1 N–H and O–H groups in total. The summed E-state index contributed by atoms with van der Waals surface area (Å²) in [6, 6.07) is 13.2. The molecule has 3 rings (SSSR count). The van der Waals surface area contributed by atoms with Crippen LogP contribution in [-0.2, 0) is 11.3 Å². The molecule has 1 amide bonds. The summed E-state index contributed by atoms with van der Waals surface area (Å²) in [5.41, 5.74) is 3.56. The zero-order chi connectivity index (χ0) is 15.7. The summed E-state index contributed by atoms with van der Waals surface area (Å²) >= 11 is 5.98. The van der Waals surface area contributed by atoms with E-state index in [1.807, 2.05) is 48.7 Å². The number of carbonyl (C=O) groups excluding carboxylic acids is 1. The van der Waals surface area contributed by atoms with Crippen LogP contribution in [0.2, 0.25) is 5.02 Å². The van der Waals surface area contributed by atoms with Crippen molar-refractivity contribution < 1.29 is 4.79 Å². The second-order valence-corrected chi connectivity index (χ2v) is 5.68. The molecule has 0 unspecified atom stereocenters. The predicted octanol–water partition coefficient (Wildman–Crippen LogP) is 3.95. The monoisotopic (exact) mass is 313 g/mol. The number of rotatable bonds is 3. The smallest absolute Gasteiger partial charge is 0.244 e. The molecular weight excluding hydrogens is 298 g/mol. The number of nitrogens with one attached hydrogen (secondary N) is 1. The van der Waals surface area contributed by atoms with Gasteiger partial charge in [-0.2, -0.15) is 0 Å². The Hall–Kier alpha value is -2.33. The number of aromatic nitrogens is 2. The van der Waals surface area contributed by atoms with Crippen molar-refractivity contribution in [3.63, 3.8) is 0 Å². The average molecular weight is 314 g/mol. The summed E-state index contributed by atoms with van der Waals surface area (Å²) in [4.78, 5) is 16.8. The van der Waals surface area contributed by atoms with Crippen molar-refractivity contribution in [2.45, 2.75) is 20.4 Å². The molecule has 1 aromatic heterocycles. The molecular formula is C17H16ClN3O. The number of hydrogen-bond acceptors (Lipinski definition) is 2. The van der Waals surface area contributed by atoms with Crippen molar-refractivity contribution in [2.24, 2.45) is 0 Å². The summed E-state index contributed by atoms with van der Waals surface area (Å²) < 4.78 is 1.91. The molecule has 0 aliphatic rings. The van der Waals surface area contributed by atoms with Crippen LogP contribution in [0.15, 0.2) is 42.5 Å². The molecule has 112 valence electrons. The lowest BCUT2D eigenvalue weighted by atomic mass is 10.2. The maximum atomic E-state index is 12.3. The highest BCUT2D eigenvalue weighted by atomic mass is 35.5. The van der Waals surface area contributed by atoms with E-state index in [9.17, 15) is 4.79 Å². The van der Waals surface area contributed by atoms with Crippen LogP contribution >= 0.6 is 11.6 Å². The number of anilines is 1.